The Morgan fingerprint density at radius 3 is 2.04 bits per heavy atom. The third-order valence-electron chi connectivity index (χ3n) is 5.45. The summed E-state index contributed by atoms with van der Waals surface area (Å²) >= 11 is 3.99. The van der Waals surface area contributed by atoms with Gasteiger partial charge in [-0.05, 0) is 45.4 Å². The van der Waals surface area contributed by atoms with Gasteiger partial charge in [0.1, 0.15) is 12.7 Å². The molecule has 4 aliphatic rings. The van der Waals surface area contributed by atoms with E-state index < -0.39 is 0 Å². The second kappa shape index (κ2) is 6.51. The Morgan fingerprint density at radius 1 is 0.913 bits per heavy atom. The summed E-state index contributed by atoms with van der Waals surface area (Å²) in [6.07, 6.45) is 5.75. The molecule has 0 aromatic rings. The molecule has 4 fully saturated rings. The molecule has 0 bridgehead atoms. The zero-order chi connectivity index (χ0) is 16.0. The van der Waals surface area contributed by atoms with E-state index in [1.165, 1.54) is 0 Å². The summed E-state index contributed by atoms with van der Waals surface area (Å²) in [5.41, 5.74) is 0. The van der Waals surface area contributed by atoms with Crippen LogP contribution >= 0.6 is 23.5 Å². The van der Waals surface area contributed by atoms with Crippen LogP contribution in [0.25, 0.3) is 0 Å². The van der Waals surface area contributed by atoms with Crippen molar-refractivity contribution in [3.8, 4) is 0 Å². The maximum atomic E-state index is 12.2. The van der Waals surface area contributed by atoms with Crippen molar-refractivity contribution in [2.75, 3.05) is 6.61 Å². The average molecular weight is 357 g/mol. The zero-order valence-electron chi connectivity index (χ0n) is 13.4. The lowest BCUT2D eigenvalue weighted by Gasteiger charge is -2.23. The number of fused-ring (bicyclic) bond motifs is 2. The minimum Gasteiger partial charge on any atom is -0.462 e. The minimum absolute atomic E-state index is 0.0478. The van der Waals surface area contributed by atoms with Gasteiger partial charge in [-0.1, -0.05) is 0 Å². The predicted molar refractivity (Wildman–Crippen MR) is 91.5 cm³/mol. The van der Waals surface area contributed by atoms with E-state index in [0.29, 0.717) is 10.5 Å². The van der Waals surface area contributed by atoms with Crippen LogP contribution in [0.1, 0.15) is 45.4 Å². The molecule has 7 atom stereocenters. The summed E-state index contributed by atoms with van der Waals surface area (Å²) in [5.74, 6) is -0.106. The Balaban J connectivity index is 1.16. The molecular formula is C17H24O4S2. The summed E-state index contributed by atoms with van der Waals surface area (Å²) in [6.45, 7) is 2.01. The van der Waals surface area contributed by atoms with Gasteiger partial charge in [-0.3, -0.25) is 9.59 Å². The minimum atomic E-state index is -0.345. The highest BCUT2D eigenvalue weighted by Gasteiger charge is 2.46. The van der Waals surface area contributed by atoms with Crippen LogP contribution in [0.2, 0.25) is 0 Å². The van der Waals surface area contributed by atoms with Crippen LogP contribution in [-0.2, 0) is 19.1 Å². The van der Waals surface area contributed by atoms with Crippen LogP contribution in [0.15, 0.2) is 0 Å². The van der Waals surface area contributed by atoms with Crippen molar-refractivity contribution in [3.05, 3.63) is 0 Å². The molecule has 2 saturated heterocycles. The van der Waals surface area contributed by atoms with Gasteiger partial charge in [-0.2, -0.15) is 23.5 Å². The Labute approximate surface area is 145 Å². The fraction of sp³-hybridized carbons (Fsp3) is 0.882. The molecule has 2 saturated carbocycles. The van der Waals surface area contributed by atoms with E-state index in [1.807, 2.05) is 30.4 Å². The monoisotopic (exact) mass is 356 g/mol. The number of hydrogen-bond acceptors (Lipinski definition) is 6. The molecule has 4 nitrogen and oxygen atoms in total. The normalized spacial score (nSPS) is 42.0. The van der Waals surface area contributed by atoms with Gasteiger partial charge in [0.2, 0.25) is 0 Å². The van der Waals surface area contributed by atoms with Crippen LogP contribution in [0.3, 0.4) is 0 Å². The Morgan fingerprint density at radius 2 is 1.48 bits per heavy atom. The summed E-state index contributed by atoms with van der Waals surface area (Å²) in [6, 6.07) is 0. The molecule has 2 heterocycles. The van der Waals surface area contributed by atoms with E-state index in [9.17, 15) is 9.59 Å². The molecule has 6 unspecified atom stereocenters. The van der Waals surface area contributed by atoms with Crippen molar-refractivity contribution < 1.29 is 19.1 Å². The van der Waals surface area contributed by atoms with Crippen LogP contribution in [0, 0.1) is 11.8 Å². The summed E-state index contributed by atoms with van der Waals surface area (Å²) in [4.78, 5) is 24.3. The number of esters is 2. The SMILES string of the molecule is CC(COC(=O)C1CC[C@@H]2SC2C1)OC(=O)C1CCC2SC2C1. The maximum Gasteiger partial charge on any atom is 0.309 e. The third-order valence-corrected chi connectivity index (χ3v) is 8.39. The zero-order valence-corrected chi connectivity index (χ0v) is 15.1. The highest BCUT2D eigenvalue weighted by molar-refractivity contribution is 8.08. The number of carbonyl (C=O) groups is 2. The van der Waals surface area contributed by atoms with Crippen molar-refractivity contribution in [3.63, 3.8) is 0 Å². The van der Waals surface area contributed by atoms with E-state index in [0.717, 1.165) is 49.0 Å². The quantitative estimate of drug-likeness (QED) is 0.557. The summed E-state index contributed by atoms with van der Waals surface area (Å²) in [5, 5.41) is 2.98. The van der Waals surface area contributed by atoms with Crippen molar-refractivity contribution >= 4 is 35.5 Å². The molecule has 2 aliphatic heterocycles. The molecule has 23 heavy (non-hydrogen) atoms. The topological polar surface area (TPSA) is 52.6 Å². The first kappa shape index (κ1) is 16.1. The second-order valence-electron chi connectivity index (χ2n) is 7.32. The highest BCUT2D eigenvalue weighted by atomic mass is 32.2. The Hall–Kier alpha value is -0.360. The molecule has 4 rings (SSSR count). The van der Waals surface area contributed by atoms with Crippen LogP contribution < -0.4 is 0 Å². The van der Waals surface area contributed by atoms with Crippen molar-refractivity contribution in [2.45, 2.75) is 72.6 Å². The molecular weight excluding hydrogens is 332 g/mol. The van der Waals surface area contributed by atoms with Gasteiger partial charge in [-0.25, -0.2) is 0 Å². The number of carbonyl (C=O) groups excluding carboxylic acids is 2. The molecule has 0 amide bonds. The number of hydrogen-bond donors (Lipinski definition) is 0. The van der Waals surface area contributed by atoms with Gasteiger partial charge < -0.3 is 9.47 Å². The highest BCUT2D eigenvalue weighted by Crippen LogP contribution is 2.53. The standard InChI is InChI=1S/C17H24O4S2/c1-9(21-17(19)11-3-5-13-15(7-11)23-13)8-20-16(18)10-2-4-12-14(6-10)22-12/h9-15H,2-8H2,1H3/t9?,10?,11?,12-,13?,14?,15?/m0/s1. The van der Waals surface area contributed by atoms with Gasteiger partial charge in [0.05, 0.1) is 11.8 Å². The Bertz CT molecular complexity index is 497. The van der Waals surface area contributed by atoms with Crippen LogP contribution in [-0.4, -0.2) is 45.6 Å². The molecule has 0 aromatic carbocycles. The lowest BCUT2D eigenvalue weighted by molar-refractivity contribution is -0.164. The predicted octanol–water partition coefficient (Wildman–Crippen LogP) is 3.03. The third kappa shape index (κ3) is 3.84. The second-order valence-corrected chi connectivity index (χ2v) is 10.3. The molecule has 0 aromatic heterocycles. The van der Waals surface area contributed by atoms with E-state index in [2.05, 4.69) is 0 Å². The lowest BCUT2D eigenvalue weighted by Crippen LogP contribution is -2.31. The molecule has 0 N–H and O–H groups in total. The van der Waals surface area contributed by atoms with Gasteiger partial charge >= 0.3 is 11.9 Å². The van der Waals surface area contributed by atoms with E-state index in [4.69, 9.17) is 9.47 Å². The molecule has 128 valence electrons. The number of thioether (sulfide) groups is 2. The van der Waals surface area contributed by atoms with Crippen LogP contribution in [0.5, 0.6) is 0 Å². The lowest BCUT2D eigenvalue weighted by atomic mass is 9.89. The summed E-state index contributed by atoms with van der Waals surface area (Å²) < 4.78 is 10.9. The molecule has 2 aliphatic carbocycles. The van der Waals surface area contributed by atoms with Gasteiger partial charge in [0, 0.05) is 21.0 Å². The molecule has 6 heteroatoms. The number of ether oxygens (including phenoxy) is 2. The smallest absolute Gasteiger partial charge is 0.309 e. The fourth-order valence-electron chi connectivity index (χ4n) is 3.88. The van der Waals surface area contributed by atoms with Gasteiger partial charge in [-0.15, -0.1) is 0 Å². The van der Waals surface area contributed by atoms with Crippen molar-refractivity contribution in [1.29, 1.82) is 0 Å². The first-order valence-electron chi connectivity index (χ1n) is 8.78. The first-order chi connectivity index (χ1) is 11.1. The van der Waals surface area contributed by atoms with E-state index >= 15 is 0 Å². The van der Waals surface area contributed by atoms with Gasteiger partial charge in [0.25, 0.3) is 0 Å². The molecule has 0 spiro atoms. The van der Waals surface area contributed by atoms with Gasteiger partial charge in [0.15, 0.2) is 0 Å². The fourth-order valence-corrected chi connectivity index (χ4v) is 6.32. The maximum absolute atomic E-state index is 12.2. The number of rotatable bonds is 5. The summed E-state index contributed by atoms with van der Waals surface area (Å²) in [7, 11) is 0. The Kier molecular flexibility index (Phi) is 4.56. The van der Waals surface area contributed by atoms with Crippen molar-refractivity contribution in [1.82, 2.24) is 0 Å². The molecule has 0 radical (unpaired) electrons. The largest absolute Gasteiger partial charge is 0.462 e. The van der Waals surface area contributed by atoms with E-state index in [-0.39, 0.29) is 36.5 Å². The van der Waals surface area contributed by atoms with E-state index in [1.54, 1.807) is 0 Å². The average Bonchev–Trinajstić information content (AvgIpc) is 3.44. The first-order valence-corrected chi connectivity index (χ1v) is 10.7. The van der Waals surface area contributed by atoms with Crippen molar-refractivity contribution in [2.24, 2.45) is 11.8 Å². The van der Waals surface area contributed by atoms with Crippen LogP contribution in [0.4, 0.5) is 0 Å².